The molecule has 0 saturated heterocycles. The molecule has 4 rings (SSSR count). The summed E-state index contributed by atoms with van der Waals surface area (Å²) in [5.41, 5.74) is 2.38. The summed E-state index contributed by atoms with van der Waals surface area (Å²) in [6, 6.07) is 15.9. The van der Waals surface area contributed by atoms with E-state index in [2.05, 4.69) is 4.98 Å². The van der Waals surface area contributed by atoms with Gasteiger partial charge in [-0.05, 0) is 54.4 Å². The Kier molecular flexibility index (Phi) is 6.71. The van der Waals surface area contributed by atoms with Crippen LogP contribution in [0, 0.1) is 0 Å². The normalized spacial score (nSPS) is 11.5. The first-order valence-electron chi connectivity index (χ1n) is 10.4. The number of rotatable bonds is 8. The number of benzene rings is 2. The molecule has 9 heteroatoms. The standard InChI is InChI=1S/C24H23N3O4S2/c1-3-31-20-5-4-6-21-23(20)26-24(32-21)27(16-18-11-13-25-14-12-18)22(28)15-17-7-9-19(10-8-17)33(2,29)30/h4-14H,3,15-16H2,1-2H3. The number of anilines is 1. The molecule has 0 unspecified atom stereocenters. The third-order valence-electron chi connectivity index (χ3n) is 5.00. The second-order valence-corrected chi connectivity index (χ2v) is 10.5. The number of carbonyl (C=O) groups excluding carboxylic acids is 1. The van der Waals surface area contributed by atoms with Crippen LogP contribution < -0.4 is 9.64 Å². The van der Waals surface area contributed by atoms with E-state index in [-0.39, 0.29) is 17.2 Å². The van der Waals surface area contributed by atoms with Crippen LogP contribution in [-0.4, -0.2) is 37.2 Å². The number of pyridine rings is 1. The molecular weight excluding hydrogens is 458 g/mol. The van der Waals surface area contributed by atoms with Crippen molar-refractivity contribution in [3.05, 3.63) is 78.1 Å². The van der Waals surface area contributed by atoms with Crippen LogP contribution in [0.15, 0.2) is 71.9 Å². The highest BCUT2D eigenvalue weighted by Gasteiger charge is 2.22. The van der Waals surface area contributed by atoms with Crippen molar-refractivity contribution in [3.8, 4) is 5.75 Å². The van der Waals surface area contributed by atoms with Crippen LogP contribution in [-0.2, 0) is 27.6 Å². The van der Waals surface area contributed by atoms with Gasteiger partial charge in [0.1, 0.15) is 11.3 Å². The van der Waals surface area contributed by atoms with Gasteiger partial charge in [0, 0.05) is 18.6 Å². The molecule has 0 saturated carbocycles. The minimum Gasteiger partial charge on any atom is -0.492 e. The summed E-state index contributed by atoms with van der Waals surface area (Å²) in [5, 5.41) is 0.576. The number of aromatic nitrogens is 2. The maximum atomic E-state index is 13.4. The predicted molar refractivity (Wildman–Crippen MR) is 129 cm³/mol. The van der Waals surface area contributed by atoms with E-state index < -0.39 is 9.84 Å². The molecule has 4 aromatic rings. The van der Waals surface area contributed by atoms with Crippen LogP contribution in [0.4, 0.5) is 5.13 Å². The minimum absolute atomic E-state index is 0.114. The van der Waals surface area contributed by atoms with Crippen LogP contribution >= 0.6 is 11.3 Å². The van der Waals surface area contributed by atoms with Crippen molar-refractivity contribution in [2.75, 3.05) is 17.8 Å². The Bertz CT molecular complexity index is 1370. The number of sulfone groups is 1. The Hall–Kier alpha value is -3.30. The fourth-order valence-corrected chi connectivity index (χ4v) is 4.99. The van der Waals surface area contributed by atoms with Crippen LogP contribution in [0.3, 0.4) is 0 Å². The number of amides is 1. The molecule has 33 heavy (non-hydrogen) atoms. The van der Waals surface area contributed by atoms with Gasteiger partial charge in [-0.25, -0.2) is 13.4 Å². The molecule has 2 aromatic carbocycles. The zero-order valence-corrected chi connectivity index (χ0v) is 19.9. The van der Waals surface area contributed by atoms with Gasteiger partial charge >= 0.3 is 0 Å². The van der Waals surface area contributed by atoms with Crippen molar-refractivity contribution >= 4 is 42.4 Å². The molecule has 0 spiro atoms. The molecule has 0 aliphatic rings. The number of nitrogens with zero attached hydrogens (tertiary/aromatic N) is 3. The molecule has 0 atom stereocenters. The summed E-state index contributed by atoms with van der Waals surface area (Å²) in [7, 11) is -3.29. The molecule has 2 aromatic heterocycles. The fraction of sp³-hybridized carbons (Fsp3) is 0.208. The van der Waals surface area contributed by atoms with Crippen LogP contribution in [0.5, 0.6) is 5.75 Å². The van der Waals surface area contributed by atoms with Crippen LogP contribution in [0.2, 0.25) is 0 Å². The molecule has 2 heterocycles. The third kappa shape index (κ3) is 5.37. The Balaban J connectivity index is 1.67. The quantitative estimate of drug-likeness (QED) is 0.373. The number of para-hydroxylation sites is 1. The Labute approximate surface area is 196 Å². The average molecular weight is 482 g/mol. The number of carbonyl (C=O) groups is 1. The lowest BCUT2D eigenvalue weighted by Crippen LogP contribution is -2.31. The number of ether oxygens (including phenoxy) is 1. The summed E-state index contributed by atoms with van der Waals surface area (Å²) in [6.07, 6.45) is 4.65. The van der Waals surface area contributed by atoms with Gasteiger partial charge in [-0.15, -0.1) is 0 Å². The van der Waals surface area contributed by atoms with Gasteiger partial charge in [0.25, 0.3) is 0 Å². The largest absolute Gasteiger partial charge is 0.492 e. The maximum absolute atomic E-state index is 13.4. The first-order chi connectivity index (χ1) is 15.8. The monoisotopic (exact) mass is 481 g/mol. The fourth-order valence-electron chi connectivity index (χ4n) is 3.36. The zero-order chi connectivity index (χ0) is 23.4. The lowest BCUT2D eigenvalue weighted by Gasteiger charge is -2.20. The lowest BCUT2D eigenvalue weighted by molar-refractivity contribution is -0.118. The molecule has 1 amide bonds. The van der Waals surface area contributed by atoms with Crippen molar-refractivity contribution in [1.29, 1.82) is 0 Å². The molecule has 0 N–H and O–H groups in total. The van der Waals surface area contributed by atoms with Crippen molar-refractivity contribution in [2.24, 2.45) is 0 Å². The van der Waals surface area contributed by atoms with E-state index in [0.29, 0.717) is 24.0 Å². The van der Waals surface area contributed by atoms with Crippen molar-refractivity contribution < 1.29 is 17.9 Å². The predicted octanol–water partition coefficient (Wildman–Crippen LogP) is 4.27. The lowest BCUT2D eigenvalue weighted by atomic mass is 10.1. The molecule has 0 aliphatic heterocycles. The topological polar surface area (TPSA) is 89.5 Å². The highest BCUT2D eigenvalue weighted by atomic mass is 32.2. The molecule has 0 fully saturated rings. The Morgan fingerprint density at radius 2 is 1.76 bits per heavy atom. The van der Waals surface area contributed by atoms with Crippen LogP contribution in [0.25, 0.3) is 10.2 Å². The highest BCUT2D eigenvalue weighted by molar-refractivity contribution is 7.90. The molecule has 170 valence electrons. The minimum atomic E-state index is -3.29. The van der Waals surface area contributed by atoms with E-state index in [1.54, 1.807) is 29.4 Å². The van der Waals surface area contributed by atoms with E-state index in [1.807, 2.05) is 37.3 Å². The third-order valence-corrected chi connectivity index (χ3v) is 7.17. The first-order valence-corrected chi connectivity index (χ1v) is 13.1. The molecular formula is C24H23N3O4S2. The molecule has 0 aliphatic carbocycles. The van der Waals surface area contributed by atoms with E-state index in [1.165, 1.54) is 23.5 Å². The zero-order valence-electron chi connectivity index (χ0n) is 18.3. The summed E-state index contributed by atoms with van der Waals surface area (Å²) < 4.78 is 30.1. The second-order valence-electron chi connectivity index (χ2n) is 7.46. The van der Waals surface area contributed by atoms with E-state index in [4.69, 9.17) is 9.72 Å². The maximum Gasteiger partial charge on any atom is 0.233 e. The van der Waals surface area contributed by atoms with Crippen LogP contribution in [0.1, 0.15) is 18.1 Å². The Morgan fingerprint density at radius 1 is 1.03 bits per heavy atom. The molecule has 0 bridgehead atoms. The van der Waals surface area contributed by atoms with Gasteiger partial charge in [-0.1, -0.05) is 29.5 Å². The van der Waals surface area contributed by atoms with Crippen molar-refractivity contribution in [2.45, 2.75) is 24.8 Å². The number of thiazole rings is 1. The summed E-state index contributed by atoms with van der Waals surface area (Å²) in [5.74, 6) is 0.543. The number of hydrogen-bond acceptors (Lipinski definition) is 7. The van der Waals surface area contributed by atoms with Crippen molar-refractivity contribution in [1.82, 2.24) is 9.97 Å². The van der Waals surface area contributed by atoms with Gasteiger partial charge in [0.2, 0.25) is 5.91 Å². The summed E-state index contributed by atoms with van der Waals surface area (Å²) in [6.45, 7) is 2.78. The van der Waals surface area contributed by atoms with E-state index in [0.717, 1.165) is 27.6 Å². The van der Waals surface area contributed by atoms with Crippen molar-refractivity contribution in [3.63, 3.8) is 0 Å². The smallest absolute Gasteiger partial charge is 0.233 e. The van der Waals surface area contributed by atoms with Gasteiger partial charge in [-0.3, -0.25) is 14.7 Å². The second kappa shape index (κ2) is 9.68. The van der Waals surface area contributed by atoms with Gasteiger partial charge in [-0.2, -0.15) is 0 Å². The highest BCUT2D eigenvalue weighted by Crippen LogP contribution is 2.35. The van der Waals surface area contributed by atoms with Gasteiger partial charge < -0.3 is 4.74 Å². The van der Waals surface area contributed by atoms with E-state index >= 15 is 0 Å². The van der Waals surface area contributed by atoms with Gasteiger partial charge in [0.15, 0.2) is 15.0 Å². The summed E-state index contributed by atoms with van der Waals surface area (Å²) >= 11 is 1.43. The average Bonchev–Trinajstić information content (AvgIpc) is 3.23. The van der Waals surface area contributed by atoms with Gasteiger partial charge in [0.05, 0.1) is 29.2 Å². The van der Waals surface area contributed by atoms with E-state index in [9.17, 15) is 13.2 Å². The summed E-state index contributed by atoms with van der Waals surface area (Å²) in [4.78, 5) is 24.1. The number of fused-ring (bicyclic) bond motifs is 1. The Morgan fingerprint density at radius 3 is 2.42 bits per heavy atom. The SMILES string of the molecule is CCOc1cccc2sc(N(Cc3ccncc3)C(=O)Cc3ccc(S(C)(=O)=O)cc3)nc12. The number of hydrogen-bond donors (Lipinski definition) is 0. The molecule has 7 nitrogen and oxygen atoms in total. The molecule has 0 radical (unpaired) electrons. The first kappa shape index (κ1) is 22.9.